The van der Waals surface area contributed by atoms with Crippen molar-refractivity contribution in [3.8, 4) is 33.8 Å². The van der Waals surface area contributed by atoms with Crippen molar-refractivity contribution in [2.75, 3.05) is 66.2 Å². The van der Waals surface area contributed by atoms with E-state index in [4.69, 9.17) is 9.47 Å². The van der Waals surface area contributed by atoms with Crippen LogP contribution in [0.5, 0.6) is 11.5 Å². The molecule has 3 heterocycles. The standard InChI is InChI=1S/C33H31F6N5O6S2/c1-51(45,46)41-26-6-3-20(15-24(26)32(34,35)36)22-5-8-28-29(17-22)50-30-18-23(19-40-31(30)44(28)10-9-43-11-13-49-14-12-43)21-4-7-27(42-52(2,47)48)25(16-21)33(37,38)39/h3-8,15-19,41-42H,9-14H2,1-2H3. The molecule has 0 aliphatic carbocycles. The molecule has 1 saturated heterocycles. The van der Waals surface area contributed by atoms with Gasteiger partial charge in [0.05, 0.1) is 53.9 Å². The molecule has 0 bridgehead atoms. The second-order valence-corrected chi connectivity index (χ2v) is 15.7. The number of hydrogen-bond donors (Lipinski definition) is 2. The molecule has 0 atom stereocenters. The summed E-state index contributed by atoms with van der Waals surface area (Å²) in [5.74, 6) is 0.723. The molecule has 0 saturated carbocycles. The van der Waals surface area contributed by atoms with Gasteiger partial charge in [-0.2, -0.15) is 26.3 Å². The minimum absolute atomic E-state index is 0.0622. The molecule has 0 amide bonds. The lowest BCUT2D eigenvalue weighted by Gasteiger charge is -2.34. The van der Waals surface area contributed by atoms with Crippen LogP contribution >= 0.6 is 0 Å². The Morgan fingerprint density at radius 3 is 1.73 bits per heavy atom. The van der Waals surface area contributed by atoms with Crippen molar-refractivity contribution in [2.24, 2.45) is 0 Å². The number of anilines is 4. The van der Waals surface area contributed by atoms with E-state index < -0.39 is 54.9 Å². The molecule has 11 nitrogen and oxygen atoms in total. The Hall–Kier alpha value is -4.59. The van der Waals surface area contributed by atoms with E-state index in [2.05, 4.69) is 9.88 Å². The second kappa shape index (κ2) is 13.8. The summed E-state index contributed by atoms with van der Waals surface area (Å²) in [7, 11) is -8.04. The topological polar surface area (TPSA) is 130 Å². The van der Waals surface area contributed by atoms with Gasteiger partial charge in [-0.3, -0.25) is 14.3 Å². The molecule has 278 valence electrons. The van der Waals surface area contributed by atoms with Gasteiger partial charge < -0.3 is 14.4 Å². The largest absolute Gasteiger partial charge is 0.451 e. The van der Waals surface area contributed by atoms with Crippen molar-refractivity contribution in [3.63, 3.8) is 0 Å². The molecule has 19 heteroatoms. The number of nitrogens with zero attached hydrogens (tertiary/aromatic N) is 3. The lowest BCUT2D eigenvalue weighted by molar-refractivity contribution is -0.137. The number of hydrogen-bond acceptors (Lipinski definition) is 9. The average Bonchev–Trinajstić information content (AvgIpc) is 3.04. The maximum absolute atomic E-state index is 14.0. The van der Waals surface area contributed by atoms with Gasteiger partial charge in [0.1, 0.15) is 0 Å². The molecule has 0 unspecified atom stereocenters. The maximum Gasteiger partial charge on any atom is 0.418 e. The molecule has 1 fully saturated rings. The quantitative estimate of drug-likeness (QED) is 0.177. The van der Waals surface area contributed by atoms with Gasteiger partial charge in [0.2, 0.25) is 20.0 Å². The summed E-state index contributed by atoms with van der Waals surface area (Å²) < 4.78 is 147. The predicted molar refractivity (Wildman–Crippen MR) is 183 cm³/mol. The Morgan fingerprint density at radius 2 is 1.19 bits per heavy atom. The molecule has 4 aromatic rings. The number of halogens is 6. The van der Waals surface area contributed by atoms with E-state index in [9.17, 15) is 43.2 Å². The van der Waals surface area contributed by atoms with Gasteiger partial charge in [0.15, 0.2) is 17.3 Å². The molecule has 0 spiro atoms. The number of pyridine rings is 1. The molecule has 0 radical (unpaired) electrons. The highest BCUT2D eigenvalue weighted by Gasteiger charge is 2.36. The number of nitrogens with one attached hydrogen (secondary N) is 2. The maximum atomic E-state index is 14.0. The Balaban J connectivity index is 1.41. The minimum Gasteiger partial charge on any atom is -0.451 e. The van der Waals surface area contributed by atoms with Gasteiger partial charge in [-0.05, 0) is 59.2 Å². The van der Waals surface area contributed by atoms with Gasteiger partial charge in [-0.15, -0.1) is 0 Å². The number of fused-ring (bicyclic) bond motifs is 2. The molecular formula is C33H31F6N5O6S2. The monoisotopic (exact) mass is 771 g/mol. The molecule has 2 aliphatic heterocycles. The summed E-state index contributed by atoms with van der Waals surface area (Å²) in [6.07, 6.45) is -6.95. The molecule has 52 heavy (non-hydrogen) atoms. The van der Waals surface area contributed by atoms with E-state index in [1.807, 2.05) is 14.3 Å². The Morgan fingerprint density at radius 1 is 0.692 bits per heavy atom. The third kappa shape index (κ3) is 8.54. The van der Waals surface area contributed by atoms with E-state index in [0.29, 0.717) is 56.5 Å². The van der Waals surface area contributed by atoms with Crippen molar-refractivity contribution in [2.45, 2.75) is 12.4 Å². The summed E-state index contributed by atoms with van der Waals surface area (Å²) >= 11 is 0. The first-order valence-electron chi connectivity index (χ1n) is 15.5. The number of benzene rings is 3. The zero-order valence-electron chi connectivity index (χ0n) is 27.5. The number of rotatable bonds is 9. The van der Waals surface area contributed by atoms with Crippen molar-refractivity contribution in [1.82, 2.24) is 9.88 Å². The van der Waals surface area contributed by atoms with Gasteiger partial charge in [0, 0.05) is 37.9 Å². The third-order valence-corrected chi connectivity index (χ3v) is 9.39. The molecule has 2 N–H and O–H groups in total. The van der Waals surface area contributed by atoms with E-state index in [1.54, 1.807) is 12.1 Å². The first-order chi connectivity index (χ1) is 24.2. The van der Waals surface area contributed by atoms with Crippen LogP contribution in [0, 0.1) is 0 Å². The second-order valence-electron chi connectivity index (χ2n) is 12.2. The van der Waals surface area contributed by atoms with Crippen molar-refractivity contribution >= 4 is 42.9 Å². The van der Waals surface area contributed by atoms with E-state index in [-0.39, 0.29) is 28.2 Å². The molecule has 6 rings (SSSR count). The molecule has 1 aromatic heterocycles. The number of morpholine rings is 1. The number of sulfonamides is 2. The fraction of sp³-hybridized carbons (Fsp3) is 0.303. The molecule has 2 aliphatic rings. The summed E-state index contributed by atoms with van der Waals surface area (Å²) in [4.78, 5) is 8.58. The zero-order valence-corrected chi connectivity index (χ0v) is 29.1. The van der Waals surface area contributed by atoms with Crippen LogP contribution in [0.25, 0.3) is 22.3 Å². The fourth-order valence-electron chi connectivity index (χ4n) is 5.89. The smallest absolute Gasteiger partial charge is 0.418 e. The highest BCUT2D eigenvalue weighted by Crippen LogP contribution is 2.49. The van der Waals surface area contributed by atoms with Gasteiger partial charge in [-0.1, -0.05) is 18.2 Å². The van der Waals surface area contributed by atoms with Crippen molar-refractivity contribution in [3.05, 3.63) is 78.0 Å². The van der Waals surface area contributed by atoms with Crippen LogP contribution in [0.2, 0.25) is 0 Å². The lowest BCUT2D eigenvalue weighted by Crippen LogP contribution is -2.41. The van der Waals surface area contributed by atoms with Crippen LogP contribution < -0.4 is 19.1 Å². The predicted octanol–water partition coefficient (Wildman–Crippen LogP) is 6.77. The minimum atomic E-state index is -4.90. The van der Waals surface area contributed by atoms with Gasteiger partial charge >= 0.3 is 12.4 Å². The highest BCUT2D eigenvalue weighted by atomic mass is 32.2. The van der Waals surface area contributed by atoms with Gasteiger partial charge in [-0.25, -0.2) is 21.8 Å². The molecule has 3 aromatic carbocycles. The fourth-order valence-corrected chi connectivity index (χ4v) is 7.05. The van der Waals surface area contributed by atoms with Crippen molar-refractivity contribution in [1.29, 1.82) is 0 Å². The van der Waals surface area contributed by atoms with Crippen molar-refractivity contribution < 1.29 is 52.7 Å². The number of alkyl halides is 6. The van der Waals surface area contributed by atoms with E-state index >= 15 is 0 Å². The zero-order chi connectivity index (χ0) is 37.6. The SMILES string of the molecule is CS(=O)(=O)Nc1ccc(-c2ccc3c(c2)Oc2cc(-c4ccc(NS(C)(=O)=O)c(C(F)(F)F)c4)cnc2N3CCN2CCOCC2)cc1C(F)(F)F. The van der Waals surface area contributed by atoms with E-state index in [0.717, 1.165) is 36.8 Å². The summed E-state index contributed by atoms with van der Waals surface area (Å²) in [6.45, 7) is 3.44. The van der Waals surface area contributed by atoms with Crippen LogP contribution in [-0.2, 0) is 37.1 Å². The molecular weight excluding hydrogens is 741 g/mol. The Bertz CT molecular complexity index is 2080. The summed E-state index contributed by atoms with van der Waals surface area (Å²) in [5.41, 5.74) is -2.47. The van der Waals surface area contributed by atoms with Crippen LogP contribution in [0.1, 0.15) is 11.1 Å². The lowest BCUT2D eigenvalue weighted by atomic mass is 10.00. The summed E-state index contributed by atoms with van der Waals surface area (Å²) in [6, 6.07) is 12.5. The number of aromatic nitrogens is 1. The highest BCUT2D eigenvalue weighted by molar-refractivity contribution is 7.92. The Labute approximate surface area is 295 Å². The van der Waals surface area contributed by atoms with Crippen LogP contribution in [-0.4, -0.2) is 78.6 Å². The van der Waals surface area contributed by atoms with Crippen LogP contribution in [0.4, 0.5) is 49.2 Å². The van der Waals surface area contributed by atoms with Crippen LogP contribution in [0.3, 0.4) is 0 Å². The number of ether oxygens (including phenoxy) is 2. The van der Waals surface area contributed by atoms with E-state index in [1.165, 1.54) is 30.5 Å². The Kier molecular flexibility index (Phi) is 9.83. The third-order valence-electron chi connectivity index (χ3n) is 8.21. The summed E-state index contributed by atoms with van der Waals surface area (Å²) in [5, 5.41) is 0. The average molecular weight is 772 g/mol. The normalized spacial score (nSPS) is 15.4. The first kappa shape index (κ1) is 37.2. The first-order valence-corrected chi connectivity index (χ1v) is 19.3. The van der Waals surface area contributed by atoms with Crippen LogP contribution in [0.15, 0.2) is 66.9 Å². The van der Waals surface area contributed by atoms with Gasteiger partial charge in [0.25, 0.3) is 0 Å².